The molecule has 0 aromatic heterocycles. The van der Waals surface area contributed by atoms with Gasteiger partial charge in [-0.2, -0.15) is 0 Å². The summed E-state index contributed by atoms with van der Waals surface area (Å²) in [7, 11) is 0. The van der Waals surface area contributed by atoms with Gasteiger partial charge in [-0.25, -0.2) is 0 Å². The van der Waals surface area contributed by atoms with Crippen LogP contribution < -0.4 is 0 Å². The quantitative estimate of drug-likeness (QED) is 0.807. The third-order valence-electron chi connectivity index (χ3n) is 4.01. The highest BCUT2D eigenvalue weighted by Gasteiger charge is 2.28. The molecule has 0 amide bonds. The van der Waals surface area contributed by atoms with Crippen molar-refractivity contribution in [3.63, 3.8) is 0 Å². The normalized spacial score (nSPS) is 13.9. The van der Waals surface area contributed by atoms with E-state index in [1.807, 2.05) is 37.3 Å². The van der Waals surface area contributed by atoms with Crippen LogP contribution in [0.2, 0.25) is 0 Å². The first kappa shape index (κ1) is 14.8. The van der Waals surface area contributed by atoms with Gasteiger partial charge in [0.1, 0.15) is 5.60 Å². The maximum Gasteiger partial charge on any atom is 0.114 e. The van der Waals surface area contributed by atoms with E-state index in [-0.39, 0.29) is 0 Å². The molecule has 0 saturated carbocycles. The van der Waals surface area contributed by atoms with Gasteiger partial charge in [-0.05, 0) is 36.0 Å². The zero-order valence-corrected chi connectivity index (χ0v) is 12.5. The Morgan fingerprint density at radius 3 is 2.00 bits per heavy atom. The average Bonchev–Trinajstić information content (AvgIpc) is 2.53. The Hall–Kier alpha value is -1.60. The molecule has 0 bridgehead atoms. The molecule has 2 aromatic rings. The van der Waals surface area contributed by atoms with Crippen molar-refractivity contribution >= 4 is 0 Å². The Morgan fingerprint density at radius 1 is 0.850 bits per heavy atom. The summed E-state index contributed by atoms with van der Waals surface area (Å²) < 4.78 is 0. The van der Waals surface area contributed by atoms with Crippen molar-refractivity contribution in [3.8, 4) is 0 Å². The second-order valence-corrected chi connectivity index (χ2v) is 5.38. The predicted octanol–water partition coefficient (Wildman–Crippen LogP) is 4.68. The molecule has 20 heavy (non-hydrogen) atoms. The Morgan fingerprint density at radius 2 is 1.45 bits per heavy atom. The minimum absolute atomic E-state index is 0.672. The molecule has 0 heterocycles. The topological polar surface area (TPSA) is 20.2 Å². The van der Waals surface area contributed by atoms with Crippen LogP contribution in [0, 0.1) is 0 Å². The molecule has 1 atom stereocenters. The molecule has 1 unspecified atom stereocenters. The molecule has 2 aromatic carbocycles. The first-order valence-corrected chi connectivity index (χ1v) is 7.58. The summed E-state index contributed by atoms with van der Waals surface area (Å²) in [5.41, 5.74) is 2.40. The minimum atomic E-state index is -0.884. The molecule has 0 fully saturated rings. The van der Waals surface area contributed by atoms with Crippen LogP contribution in [0.5, 0.6) is 0 Å². The lowest BCUT2D eigenvalue weighted by Crippen LogP contribution is -2.26. The third-order valence-corrected chi connectivity index (χ3v) is 4.01. The van der Waals surface area contributed by atoms with Crippen molar-refractivity contribution in [1.82, 2.24) is 0 Å². The van der Waals surface area contributed by atoms with E-state index >= 15 is 0 Å². The van der Waals surface area contributed by atoms with E-state index in [9.17, 15) is 5.11 Å². The largest absolute Gasteiger partial charge is 0.380 e. The first-order chi connectivity index (χ1) is 9.70. The molecule has 1 heteroatoms. The van der Waals surface area contributed by atoms with E-state index in [4.69, 9.17) is 0 Å². The third kappa shape index (κ3) is 3.10. The molecular weight excluding hydrogens is 244 g/mol. The van der Waals surface area contributed by atoms with Gasteiger partial charge in [0, 0.05) is 0 Å². The summed E-state index contributed by atoms with van der Waals surface area (Å²) >= 11 is 0. The lowest BCUT2D eigenvalue weighted by Gasteiger charge is -2.28. The first-order valence-electron chi connectivity index (χ1n) is 7.58. The van der Waals surface area contributed by atoms with Gasteiger partial charge in [-0.1, -0.05) is 74.9 Å². The molecule has 106 valence electrons. The highest BCUT2D eigenvalue weighted by Crippen LogP contribution is 2.32. The Bertz CT molecular complexity index is 515. The van der Waals surface area contributed by atoms with Crippen molar-refractivity contribution in [3.05, 3.63) is 71.3 Å². The summed E-state index contributed by atoms with van der Waals surface area (Å²) in [6.07, 6.45) is 4.22. The molecule has 0 aliphatic heterocycles. The van der Waals surface area contributed by atoms with Crippen LogP contribution in [-0.4, -0.2) is 5.11 Å². The van der Waals surface area contributed by atoms with Crippen LogP contribution in [0.3, 0.4) is 0 Å². The molecule has 0 radical (unpaired) electrons. The summed E-state index contributed by atoms with van der Waals surface area (Å²) in [6, 6.07) is 18.4. The van der Waals surface area contributed by atoms with Gasteiger partial charge >= 0.3 is 0 Å². The van der Waals surface area contributed by atoms with Crippen LogP contribution >= 0.6 is 0 Å². The van der Waals surface area contributed by atoms with E-state index in [0.717, 1.165) is 17.5 Å². The van der Waals surface area contributed by atoms with E-state index in [0.29, 0.717) is 6.42 Å². The summed E-state index contributed by atoms with van der Waals surface area (Å²) in [4.78, 5) is 0. The maximum atomic E-state index is 11.0. The minimum Gasteiger partial charge on any atom is -0.380 e. The second kappa shape index (κ2) is 6.71. The number of aryl methyl sites for hydroxylation is 1. The lowest BCUT2D eigenvalue weighted by atomic mass is 9.84. The van der Waals surface area contributed by atoms with Crippen molar-refractivity contribution in [2.45, 2.75) is 45.1 Å². The molecule has 0 spiro atoms. The van der Waals surface area contributed by atoms with Gasteiger partial charge in [-0.3, -0.25) is 0 Å². The van der Waals surface area contributed by atoms with Crippen LogP contribution in [-0.2, 0) is 12.0 Å². The zero-order valence-electron chi connectivity index (χ0n) is 12.5. The van der Waals surface area contributed by atoms with E-state index in [1.165, 1.54) is 18.4 Å². The second-order valence-electron chi connectivity index (χ2n) is 5.38. The van der Waals surface area contributed by atoms with Gasteiger partial charge in [-0.15, -0.1) is 0 Å². The maximum absolute atomic E-state index is 11.0. The molecule has 0 saturated heterocycles. The lowest BCUT2D eigenvalue weighted by molar-refractivity contribution is 0.0765. The van der Waals surface area contributed by atoms with Gasteiger partial charge in [0.2, 0.25) is 0 Å². The van der Waals surface area contributed by atoms with E-state index in [2.05, 4.69) is 31.2 Å². The Labute approximate surface area is 122 Å². The van der Waals surface area contributed by atoms with Gasteiger partial charge in [0.15, 0.2) is 0 Å². The summed E-state index contributed by atoms with van der Waals surface area (Å²) in [5.74, 6) is 0. The highest BCUT2D eigenvalue weighted by molar-refractivity contribution is 5.37. The van der Waals surface area contributed by atoms with Gasteiger partial charge in [0.05, 0.1) is 0 Å². The zero-order chi connectivity index (χ0) is 14.4. The SMILES string of the molecule is CCCCc1ccc(C(O)(CC)c2ccccc2)cc1. The van der Waals surface area contributed by atoms with Crippen molar-refractivity contribution in [1.29, 1.82) is 0 Å². The molecule has 0 aliphatic carbocycles. The Kier molecular flexibility index (Phi) is 4.97. The predicted molar refractivity (Wildman–Crippen MR) is 84.8 cm³/mol. The number of rotatable bonds is 6. The molecule has 1 N–H and O–H groups in total. The van der Waals surface area contributed by atoms with Crippen LogP contribution in [0.1, 0.15) is 49.8 Å². The van der Waals surface area contributed by atoms with Crippen LogP contribution in [0.25, 0.3) is 0 Å². The monoisotopic (exact) mass is 268 g/mol. The van der Waals surface area contributed by atoms with Crippen molar-refractivity contribution in [2.75, 3.05) is 0 Å². The van der Waals surface area contributed by atoms with Crippen molar-refractivity contribution in [2.24, 2.45) is 0 Å². The number of hydrogen-bond donors (Lipinski definition) is 1. The standard InChI is InChI=1S/C19H24O/c1-3-5-9-16-12-14-18(15-13-16)19(20,4-2)17-10-7-6-8-11-17/h6-8,10-15,20H,3-5,9H2,1-2H3. The molecule has 2 rings (SSSR count). The van der Waals surface area contributed by atoms with Crippen molar-refractivity contribution < 1.29 is 5.11 Å². The number of benzene rings is 2. The van der Waals surface area contributed by atoms with E-state index in [1.54, 1.807) is 0 Å². The fraction of sp³-hybridized carbons (Fsp3) is 0.368. The number of aliphatic hydroxyl groups is 1. The average molecular weight is 268 g/mol. The number of hydrogen-bond acceptors (Lipinski definition) is 1. The molecule has 1 nitrogen and oxygen atoms in total. The van der Waals surface area contributed by atoms with Gasteiger partial charge in [0.25, 0.3) is 0 Å². The highest BCUT2D eigenvalue weighted by atomic mass is 16.3. The summed E-state index contributed by atoms with van der Waals surface area (Å²) in [5, 5.41) is 11.0. The Balaban J connectivity index is 2.28. The van der Waals surface area contributed by atoms with Gasteiger partial charge < -0.3 is 5.11 Å². The summed E-state index contributed by atoms with van der Waals surface area (Å²) in [6.45, 7) is 4.23. The van der Waals surface area contributed by atoms with Crippen LogP contribution in [0.4, 0.5) is 0 Å². The smallest absolute Gasteiger partial charge is 0.114 e. The number of unbranched alkanes of at least 4 members (excludes halogenated alkanes) is 1. The fourth-order valence-electron chi connectivity index (χ4n) is 2.62. The fourth-order valence-corrected chi connectivity index (χ4v) is 2.62. The molecular formula is C19H24O. The van der Waals surface area contributed by atoms with E-state index < -0.39 is 5.60 Å². The molecule has 0 aliphatic rings. The van der Waals surface area contributed by atoms with Crippen LogP contribution in [0.15, 0.2) is 54.6 Å².